The van der Waals surface area contributed by atoms with Gasteiger partial charge >= 0.3 is 0 Å². The van der Waals surface area contributed by atoms with Gasteiger partial charge < -0.3 is 30.9 Å². The fraction of sp³-hybridized carbons (Fsp3) is 0.750. The van der Waals surface area contributed by atoms with Crippen LogP contribution in [0.15, 0.2) is 18.2 Å². The van der Waals surface area contributed by atoms with Crippen molar-refractivity contribution in [1.29, 1.82) is 0 Å². The molecule has 0 spiro atoms. The standard InChI is InChI=1S/C28H50ClN3O4/c1-8-20(4)17-31-27(34)22(19(2)3)15-25(33)24(30)18-32-28(5,6)16-21-10-11-23(29)26(14-21)36-13-9-12-35-7/h10-11,14,19-20,22,24-25,32-33H,8-9,12-13,15-18,30H2,1-7H3,(H,31,34)/t20-,22-,24-,25-/m0/s1. The summed E-state index contributed by atoms with van der Waals surface area (Å²) in [7, 11) is 1.67. The Hall–Kier alpha value is -1.38. The van der Waals surface area contributed by atoms with Crippen molar-refractivity contribution in [3.8, 4) is 5.75 Å². The SMILES string of the molecule is CC[C@H](C)CNC(=O)[C@@H](C[C@H](O)[C@@H](N)CNC(C)(C)Cc1ccc(Cl)c(OCCCOC)c1)C(C)C. The molecule has 0 aliphatic carbocycles. The van der Waals surface area contributed by atoms with Crippen LogP contribution in [0.25, 0.3) is 0 Å². The van der Waals surface area contributed by atoms with Gasteiger partial charge in [0.1, 0.15) is 5.75 Å². The molecule has 0 fully saturated rings. The Labute approximate surface area is 223 Å². The number of carbonyl (C=O) groups excluding carboxylic acids is 1. The van der Waals surface area contributed by atoms with Gasteiger partial charge in [0.2, 0.25) is 5.91 Å². The Bertz CT molecular complexity index is 775. The summed E-state index contributed by atoms with van der Waals surface area (Å²) in [4.78, 5) is 12.7. The topological polar surface area (TPSA) is 106 Å². The van der Waals surface area contributed by atoms with Crippen molar-refractivity contribution in [3.63, 3.8) is 0 Å². The quantitative estimate of drug-likeness (QED) is 0.213. The first-order valence-corrected chi connectivity index (χ1v) is 13.6. The van der Waals surface area contributed by atoms with E-state index in [1.165, 1.54) is 0 Å². The fourth-order valence-electron chi connectivity index (χ4n) is 3.92. The lowest BCUT2D eigenvalue weighted by molar-refractivity contribution is -0.127. The van der Waals surface area contributed by atoms with Gasteiger partial charge in [0, 0.05) is 50.7 Å². The van der Waals surface area contributed by atoms with E-state index in [4.69, 9.17) is 26.8 Å². The molecule has 8 heteroatoms. The molecule has 208 valence electrons. The van der Waals surface area contributed by atoms with Crippen LogP contribution in [0.3, 0.4) is 0 Å². The maximum Gasteiger partial charge on any atom is 0.223 e. The zero-order chi connectivity index (χ0) is 27.3. The van der Waals surface area contributed by atoms with Gasteiger partial charge in [0.25, 0.3) is 0 Å². The highest BCUT2D eigenvalue weighted by Crippen LogP contribution is 2.27. The number of carbonyl (C=O) groups is 1. The van der Waals surface area contributed by atoms with E-state index in [1.54, 1.807) is 7.11 Å². The van der Waals surface area contributed by atoms with Gasteiger partial charge in [0.15, 0.2) is 0 Å². The fourth-order valence-corrected chi connectivity index (χ4v) is 4.10. The van der Waals surface area contributed by atoms with Gasteiger partial charge in [-0.1, -0.05) is 51.8 Å². The van der Waals surface area contributed by atoms with Gasteiger partial charge in [-0.05, 0) is 56.2 Å². The molecule has 0 aliphatic rings. The van der Waals surface area contributed by atoms with E-state index < -0.39 is 12.1 Å². The minimum absolute atomic E-state index is 0.00665. The predicted molar refractivity (Wildman–Crippen MR) is 149 cm³/mol. The molecule has 0 radical (unpaired) electrons. The summed E-state index contributed by atoms with van der Waals surface area (Å²) in [6.07, 6.45) is 2.10. The molecule has 1 aromatic rings. The van der Waals surface area contributed by atoms with Crippen molar-refractivity contribution in [2.45, 2.75) is 84.9 Å². The third kappa shape index (κ3) is 12.2. The predicted octanol–water partition coefficient (Wildman–Crippen LogP) is 4.18. The van der Waals surface area contributed by atoms with Crippen molar-refractivity contribution < 1.29 is 19.4 Å². The number of aliphatic hydroxyl groups excluding tert-OH is 1. The Balaban J connectivity index is 2.64. The van der Waals surface area contributed by atoms with E-state index in [0.717, 1.165) is 24.8 Å². The number of halogens is 1. The highest BCUT2D eigenvalue weighted by molar-refractivity contribution is 6.32. The number of benzene rings is 1. The molecule has 4 atom stereocenters. The molecule has 1 rings (SSSR count). The zero-order valence-electron chi connectivity index (χ0n) is 23.4. The molecule has 1 aromatic carbocycles. The molecule has 0 aliphatic heterocycles. The smallest absolute Gasteiger partial charge is 0.223 e. The highest BCUT2D eigenvalue weighted by Gasteiger charge is 2.29. The van der Waals surface area contributed by atoms with Crippen LogP contribution < -0.4 is 21.1 Å². The van der Waals surface area contributed by atoms with E-state index in [9.17, 15) is 9.90 Å². The maximum absolute atomic E-state index is 12.7. The Morgan fingerprint density at radius 2 is 1.89 bits per heavy atom. The van der Waals surface area contributed by atoms with Gasteiger partial charge in [-0.2, -0.15) is 0 Å². The second kappa shape index (κ2) is 16.5. The summed E-state index contributed by atoms with van der Waals surface area (Å²) >= 11 is 6.30. The molecule has 0 saturated heterocycles. The average Bonchev–Trinajstić information content (AvgIpc) is 2.83. The third-order valence-electron chi connectivity index (χ3n) is 6.66. The molecular weight excluding hydrogens is 478 g/mol. The largest absolute Gasteiger partial charge is 0.492 e. The van der Waals surface area contributed by atoms with Crippen molar-refractivity contribution in [1.82, 2.24) is 10.6 Å². The zero-order valence-corrected chi connectivity index (χ0v) is 24.2. The molecule has 5 N–H and O–H groups in total. The molecule has 1 amide bonds. The van der Waals surface area contributed by atoms with Crippen molar-refractivity contribution in [2.24, 2.45) is 23.5 Å². The van der Waals surface area contributed by atoms with Crippen LogP contribution in [0.4, 0.5) is 0 Å². The molecule has 0 heterocycles. The first-order chi connectivity index (χ1) is 16.9. The lowest BCUT2D eigenvalue weighted by Gasteiger charge is -2.31. The number of aliphatic hydroxyl groups is 1. The van der Waals surface area contributed by atoms with E-state index >= 15 is 0 Å². The van der Waals surface area contributed by atoms with Crippen LogP contribution in [-0.4, -0.2) is 62.1 Å². The number of hydrogen-bond donors (Lipinski definition) is 4. The Morgan fingerprint density at radius 3 is 2.50 bits per heavy atom. The molecule has 36 heavy (non-hydrogen) atoms. The molecule has 0 saturated carbocycles. The summed E-state index contributed by atoms with van der Waals surface area (Å²) in [5.41, 5.74) is 7.16. The normalized spacial score (nSPS) is 15.4. The van der Waals surface area contributed by atoms with E-state index in [2.05, 4.69) is 38.3 Å². The van der Waals surface area contributed by atoms with Crippen molar-refractivity contribution >= 4 is 17.5 Å². The Kier molecular flexibility index (Phi) is 14.9. The Morgan fingerprint density at radius 1 is 1.19 bits per heavy atom. The second-order valence-corrected chi connectivity index (χ2v) is 11.4. The molecule has 0 bridgehead atoms. The van der Waals surface area contributed by atoms with Crippen molar-refractivity contribution in [2.75, 3.05) is 33.4 Å². The van der Waals surface area contributed by atoms with Crippen molar-refractivity contribution in [3.05, 3.63) is 28.8 Å². The molecule has 0 aromatic heterocycles. The number of rotatable bonds is 18. The number of nitrogens with one attached hydrogen (secondary N) is 2. The molecule has 0 unspecified atom stereocenters. The summed E-state index contributed by atoms with van der Waals surface area (Å²) in [5.74, 6) is 0.926. The first-order valence-electron chi connectivity index (χ1n) is 13.3. The molecular formula is C28H50ClN3O4. The van der Waals surface area contributed by atoms with Crippen LogP contribution in [0.1, 0.15) is 66.4 Å². The summed E-state index contributed by atoms with van der Waals surface area (Å²) in [6.45, 7) is 14.7. The first kappa shape index (κ1) is 32.6. The van der Waals surface area contributed by atoms with Crippen LogP contribution in [0, 0.1) is 17.8 Å². The summed E-state index contributed by atoms with van der Waals surface area (Å²) in [5, 5.41) is 17.9. The number of amides is 1. The number of nitrogens with two attached hydrogens (primary N) is 1. The van der Waals surface area contributed by atoms with E-state index in [-0.39, 0.29) is 23.3 Å². The minimum Gasteiger partial charge on any atom is -0.492 e. The number of ether oxygens (including phenoxy) is 2. The number of methoxy groups -OCH3 is 1. The maximum atomic E-state index is 12.7. The van der Waals surface area contributed by atoms with E-state index in [1.807, 2.05) is 32.0 Å². The van der Waals surface area contributed by atoms with Gasteiger partial charge in [-0.25, -0.2) is 0 Å². The van der Waals surface area contributed by atoms with E-state index in [0.29, 0.717) is 49.4 Å². The van der Waals surface area contributed by atoms with Crippen LogP contribution in [0.2, 0.25) is 5.02 Å². The van der Waals surface area contributed by atoms with Gasteiger partial charge in [-0.3, -0.25) is 4.79 Å². The third-order valence-corrected chi connectivity index (χ3v) is 6.97. The second-order valence-electron chi connectivity index (χ2n) is 11.0. The van der Waals surface area contributed by atoms with Crippen LogP contribution >= 0.6 is 11.6 Å². The van der Waals surface area contributed by atoms with Gasteiger partial charge in [-0.15, -0.1) is 0 Å². The summed E-state index contributed by atoms with van der Waals surface area (Å²) < 4.78 is 10.9. The van der Waals surface area contributed by atoms with Crippen LogP contribution in [-0.2, 0) is 16.0 Å². The van der Waals surface area contributed by atoms with Gasteiger partial charge in [0.05, 0.1) is 17.7 Å². The number of hydrogen-bond acceptors (Lipinski definition) is 6. The van der Waals surface area contributed by atoms with Crippen LogP contribution in [0.5, 0.6) is 5.75 Å². The lowest BCUT2D eigenvalue weighted by atomic mass is 9.87. The average molecular weight is 528 g/mol. The monoisotopic (exact) mass is 527 g/mol. The molecule has 7 nitrogen and oxygen atoms in total. The summed E-state index contributed by atoms with van der Waals surface area (Å²) in [6, 6.07) is 5.33. The lowest BCUT2D eigenvalue weighted by Crippen LogP contribution is -2.51. The minimum atomic E-state index is -0.780. The highest BCUT2D eigenvalue weighted by atomic mass is 35.5.